The molecule has 5 nitrogen and oxygen atoms in total. The second kappa shape index (κ2) is 6.10. The molecule has 0 atom stereocenters. The molecule has 3 aromatic heterocycles. The van der Waals surface area contributed by atoms with Crippen molar-refractivity contribution in [3.8, 4) is 10.7 Å². The number of carbonyl (C=O) groups is 1. The molecule has 0 aliphatic carbocycles. The number of alkyl halides is 3. The first-order valence-corrected chi connectivity index (χ1v) is 8.37. The van der Waals surface area contributed by atoms with E-state index in [2.05, 4.69) is 10.1 Å². The molecule has 132 valence electrons. The van der Waals surface area contributed by atoms with Crippen LogP contribution in [0, 0.1) is 0 Å². The largest absolute Gasteiger partial charge is 0.454 e. The van der Waals surface area contributed by atoms with E-state index in [0.29, 0.717) is 11.3 Å². The molecular formula is C17H10F3N3O2S. The smallest absolute Gasteiger partial charge is 0.337 e. The second-order valence-electron chi connectivity index (χ2n) is 5.50. The zero-order valence-electron chi connectivity index (χ0n) is 13.0. The number of fused-ring (bicyclic) bond motifs is 1. The van der Waals surface area contributed by atoms with Crippen LogP contribution in [0.2, 0.25) is 0 Å². The molecule has 0 aliphatic rings. The van der Waals surface area contributed by atoms with Crippen LogP contribution >= 0.6 is 11.3 Å². The molecule has 0 saturated heterocycles. The molecule has 0 bridgehead atoms. The number of hydrogen-bond acceptors (Lipinski definition) is 5. The van der Waals surface area contributed by atoms with Gasteiger partial charge >= 0.3 is 6.18 Å². The van der Waals surface area contributed by atoms with E-state index in [1.165, 1.54) is 28.2 Å². The number of halogens is 3. The van der Waals surface area contributed by atoms with Gasteiger partial charge in [0.1, 0.15) is 6.54 Å². The zero-order valence-corrected chi connectivity index (χ0v) is 13.8. The van der Waals surface area contributed by atoms with Crippen molar-refractivity contribution in [2.24, 2.45) is 0 Å². The molecule has 4 rings (SSSR count). The summed E-state index contributed by atoms with van der Waals surface area (Å²) in [6, 6.07) is 10.1. The quantitative estimate of drug-likeness (QED) is 0.490. The van der Waals surface area contributed by atoms with E-state index in [-0.39, 0.29) is 17.8 Å². The van der Waals surface area contributed by atoms with Crippen molar-refractivity contribution in [3.05, 3.63) is 59.4 Å². The van der Waals surface area contributed by atoms with E-state index in [1.54, 1.807) is 18.2 Å². The number of nitrogens with zero attached hydrogens (tertiary/aromatic N) is 3. The summed E-state index contributed by atoms with van der Waals surface area (Å²) in [5.41, 5.74) is 0.0852. The third-order valence-corrected chi connectivity index (χ3v) is 4.67. The molecule has 0 unspecified atom stereocenters. The van der Waals surface area contributed by atoms with Crippen LogP contribution in [0.3, 0.4) is 0 Å². The number of Topliss-reactive ketones (excluding diaryl/α,β-unsaturated/α-hetero) is 1. The third-order valence-electron chi connectivity index (χ3n) is 3.81. The van der Waals surface area contributed by atoms with Gasteiger partial charge in [-0.15, -0.1) is 11.3 Å². The summed E-state index contributed by atoms with van der Waals surface area (Å²) in [5.74, 6) is -1.23. The molecule has 0 amide bonds. The summed E-state index contributed by atoms with van der Waals surface area (Å²) in [6.45, 7) is 0.0595. The Bertz CT molecular complexity index is 1080. The summed E-state index contributed by atoms with van der Waals surface area (Å²) < 4.78 is 45.3. The Morgan fingerprint density at radius 1 is 1.19 bits per heavy atom. The van der Waals surface area contributed by atoms with Crippen molar-refractivity contribution in [1.82, 2.24) is 14.7 Å². The Hall–Kier alpha value is -2.94. The monoisotopic (exact) mass is 377 g/mol. The van der Waals surface area contributed by atoms with Crippen molar-refractivity contribution in [3.63, 3.8) is 0 Å². The lowest BCUT2D eigenvalue weighted by Gasteiger charge is -2.02. The highest BCUT2D eigenvalue weighted by molar-refractivity contribution is 7.13. The lowest BCUT2D eigenvalue weighted by molar-refractivity contribution is -0.0884. The highest BCUT2D eigenvalue weighted by Gasteiger charge is 2.40. The van der Waals surface area contributed by atoms with Gasteiger partial charge in [0.2, 0.25) is 11.7 Å². The summed E-state index contributed by atoms with van der Waals surface area (Å²) >= 11 is 1.45. The van der Waals surface area contributed by atoms with Gasteiger partial charge in [0.25, 0.3) is 5.78 Å². The molecule has 26 heavy (non-hydrogen) atoms. The van der Waals surface area contributed by atoms with Gasteiger partial charge in [0.05, 0.1) is 10.4 Å². The minimum atomic E-state index is -4.94. The molecule has 0 aliphatic heterocycles. The maximum absolute atomic E-state index is 12.9. The molecule has 9 heteroatoms. The molecule has 0 spiro atoms. The van der Waals surface area contributed by atoms with Crippen molar-refractivity contribution in [1.29, 1.82) is 0 Å². The number of benzene rings is 1. The van der Waals surface area contributed by atoms with Gasteiger partial charge in [0, 0.05) is 17.1 Å². The SMILES string of the molecule is O=C(c1cn(Cc2nc(-c3cccs3)no2)c2ccccc12)C(F)(F)F. The van der Waals surface area contributed by atoms with Crippen LogP contribution < -0.4 is 0 Å². The maximum atomic E-state index is 12.9. The first-order chi connectivity index (χ1) is 12.4. The summed E-state index contributed by atoms with van der Waals surface area (Å²) in [6.07, 6.45) is -3.76. The first kappa shape index (κ1) is 16.5. The topological polar surface area (TPSA) is 60.9 Å². The van der Waals surface area contributed by atoms with Crippen LogP contribution in [0.4, 0.5) is 13.2 Å². The number of ketones is 1. The molecule has 0 saturated carbocycles. The number of thiophene rings is 1. The fourth-order valence-corrected chi connectivity index (χ4v) is 3.33. The summed E-state index contributed by atoms with van der Waals surface area (Å²) in [7, 11) is 0. The van der Waals surface area contributed by atoms with Gasteiger partial charge in [0.15, 0.2) is 0 Å². The standard InChI is InChI=1S/C17H10F3N3O2S/c18-17(19,20)15(24)11-8-23(12-5-2-1-4-10(11)12)9-14-21-16(22-25-14)13-6-3-7-26-13/h1-8H,9H2. The molecule has 3 heterocycles. The van der Waals surface area contributed by atoms with Crippen LogP contribution in [0.1, 0.15) is 16.2 Å². The Labute approximate surface area is 148 Å². The van der Waals surface area contributed by atoms with Crippen LogP contribution in [0.5, 0.6) is 0 Å². The van der Waals surface area contributed by atoms with E-state index in [1.807, 2.05) is 17.5 Å². The van der Waals surface area contributed by atoms with Crippen LogP contribution in [-0.2, 0) is 6.54 Å². The minimum Gasteiger partial charge on any atom is -0.337 e. The number of hydrogen-bond donors (Lipinski definition) is 0. The Morgan fingerprint density at radius 2 is 2.00 bits per heavy atom. The summed E-state index contributed by atoms with van der Waals surface area (Å²) in [4.78, 5) is 16.8. The predicted octanol–water partition coefficient (Wildman–Crippen LogP) is 4.55. The normalized spacial score (nSPS) is 12.0. The molecule has 0 radical (unpaired) electrons. The highest BCUT2D eigenvalue weighted by Crippen LogP contribution is 2.29. The first-order valence-electron chi connectivity index (χ1n) is 7.49. The number of para-hydroxylation sites is 1. The van der Waals surface area contributed by atoms with E-state index in [4.69, 9.17) is 4.52 Å². The average molecular weight is 377 g/mol. The lowest BCUT2D eigenvalue weighted by atomic mass is 10.1. The van der Waals surface area contributed by atoms with Crippen molar-refractivity contribution in [2.45, 2.75) is 12.7 Å². The molecule has 0 fully saturated rings. The Balaban J connectivity index is 1.72. The van der Waals surface area contributed by atoms with Gasteiger partial charge in [-0.1, -0.05) is 29.4 Å². The van der Waals surface area contributed by atoms with Gasteiger partial charge in [-0.05, 0) is 17.5 Å². The molecule has 4 aromatic rings. The third kappa shape index (κ3) is 2.90. The van der Waals surface area contributed by atoms with E-state index in [0.717, 1.165) is 4.88 Å². The second-order valence-corrected chi connectivity index (χ2v) is 6.45. The van der Waals surface area contributed by atoms with Crippen LogP contribution in [0.15, 0.2) is 52.5 Å². The van der Waals surface area contributed by atoms with Gasteiger partial charge in [-0.25, -0.2) is 0 Å². The number of rotatable bonds is 4. The fraction of sp³-hybridized carbons (Fsp3) is 0.118. The Kier molecular flexibility index (Phi) is 3.87. The number of aromatic nitrogens is 3. The molecule has 0 N–H and O–H groups in total. The van der Waals surface area contributed by atoms with Gasteiger partial charge in [-0.3, -0.25) is 4.79 Å². The van der Waals surface area contributed by atoms with E-state index < -0.39 is 17.5 Å². The van der Waals surface area contributed by atoms with E-state index in [9.17, 15) is 18.0 Å². The summed E-state index contributed by atoms with van der Waals surface area (Å²) in [5, 5.41) is 5.98. The van der Waals surface area contributed by atoms with Crippen molar-refractivity contribution in [2.75, 3.05) is 0 Å². The zero-order chi connectivity index (χ0) is 18.3. The predicted molar refractivity (Wildman–Crippen MR) is 89.0 cm³/mol. The van der Waals surface area contributed by atoms with Crippen LogP contribution in [0.25, 0.3) is 21.6 Å². The lowest BCUT2D eigenvalue weighted by Crippen LogP contribution is -2.22. The van der Waals surface area contributed by atoms with Gasteiger partial charge in [-0.2, -0.15) is 18.2 Å². The Morgan fingerprint density at radius 3 is 2.73 bits per heavy atom. The fourth-order valence-electron chi connectivity index (χ4n) is 2.68. The molecular weight excluding hydrogens is 367 g/mol. The van der Waals surface area contributed by atoms with Crippen molar-refractivity contribution < 1.29 is 22.5 Å². The highest BCUT2D eigenvalue weighted by atomic mass is 32.1. The molecule has 1 aromatic carbocycles. The van der Waals surface area contributed by atoms with E-state index >= 15 is 0 Å². The maximum Gasteiger partial charge on any atom is 0.454 e. The van der Waals surface area contributed by atoms with Gasteiger partial charge < -0.3 is 9.09 Å². The minimum absolute atomic E-state index is 0.0595. The average Bonchev–Trinajstić information content (AvgIpc) is 3.33. The van der Waals surface area contributed by atoms with Crippen LogP contribution in [-0.4, -0.2) is 26.7 Å². The van der Waals surface area contributed by atoms with Crippen molar-refractivity contribution >= 4 is 28.0 Å². The number of carbonyl (C=O) groups excluding carboxylic acids is 1.